The molecule has 1 aliphatic carbocycles. The number of benzene rings is 1. The Morgan fingerprint density at radius 2 is 2.00 bits per heavy atom. The van der Waals surface area contributed by atoms with Crippen LogP contribution in [0.1, 0.15) is 49.5 Å². The summed E-state index contributed by atoms with van der Waals surface area (Å²) < 4.78 is 13.1. The van der Waals surface area contributed by atoms with Gasteiger partial charge < -0.3 is 24.7 Å². The van der Waals surface area contributed by atoms with Gasteiger partial charge in [-0.1, -0.05) is 24.6 Å². The van der Waals surface area contributed by atoms with Crippen LogP contribution in [-0.2, 0) is 13.0 Å². The Hall–Kier alpha value is -2.42. The monoisotopic (exact) mass is 446 g/mol. The molecule has 9 heteroatoms. The van der Waals surface area contributed by atoms with E-state index < -0.39 is 0 Å². The van der Waals surface area contributed by atoms with Gasteiger partial charge in [-0.2, -0.15) is 0 Å². The maximum Gasteiger partial charge on any atom is 0.191 e. The van der Waals surface area contributed by atoms with Gasteiger partial charge in [0.05, 0.1) is 14.2 Å². The molecule has 0 aliphatic heterocycles. The van der Waals surface area contributed by atoms with E-state index in [4.69, 9.17) is 9.47 Å². The van der Waals surface area contributed by atoms with E-state index in [9.17, 15) is 0 Å². The molecule has 3 rings (SSSR count). The summed E-state index contributed by atoms with van der Waals surface area (Å²) >= 11 is 1.69. The molecule has 1 heterocycles. The SMILES string of the molecule is CN=C(NCCCc1nnc(SC)n1C1CCCC1)NCc1ccc(OC)cc1OC. The standard InChI is InChI=1S/C22H34N6O2S/c1-23-21(25-15-16-11-12-18(29-2)14-19(16)30-3)24-13-7-10-20-26-27-22(31-4)28(20)17-8-5-6-9-17/h11-12,14,17H,5-10,13,15H2,1-4H3,(H2,23,24,25). The number of nitrogens with zero attached hydrogens (tertiary/aromatic N) is 4. The van der Waals surface area contributed by atoms with Crippen molar-refractivity contribution in [2.45, 2.75) is 56.3 Å². The van der Waals surface area contributed by atoms with E-state index in [0.29, 0.717) is 12.6 Å². The zero-order valence-corrected chi connectivity index (χ0v) is 19.8. The Labute approximate surface area is 189 Å². The van der Waals surface area contributed by atoms with Gasteiger partial charge >= 0.3 is 0 Å². The summed E-state index contributed by atoms with van der Waals surface area (Å²) in [6, 6.07) is 6.38. The third-order valence-electron chi connectivity index (χ3n) is 5.64. The third kappa shape index (κ3) is 6.06. The average molecular weight is 447 g/mol. The lowest BCUT2D eigenvalue weighted by molar-refractivity contribution is 0.390. The molecule has 8 nitrogen and oxygen atoms in total. The number of hydrogen-bond acceptors (Lipinski definition) is 6. The summed E-state index contributed by atoms with van der Waals surface area (Å²) in [5.74, 6) is 3.43. The van der Waals surface area contributed by atoms with E-state index in [1.807, 2.05) is 18.2 Å². The molecule has 1 aromatic carbocycles. The molecule has 1 aliphatic rings. The van der Waals surface area contributed by atoms with Crippen molar-refractivity contribution in [2.75, 3.05) is 34.1 Å². The minimum atomic E-state index is 0.564. The first kappa shape index (κ1) is 23.2. The van der Waals surface area contributed by atoms with Crippen molar-refractivity contribution in [1.29, 1.82) is 0 Å². The van der Waals surface area contributed by atoms with Gasteiger partial charge in [0.15, 0.2) is 11.1 Å². The predicted molar refractivity (Wildman–Crippen MR) is 125 cm³/mol. The van der Waals surface area contributed by atoms with Crippen molar-refractivity contribution in [3.05, 3.63) is 29.6 Å². The molecular formula is C22H34N6O2S. The van der Waals surface area contributed by atoms with Gasteiger partial charge in [-0.25, -0.2) is 0 Å². The van der Waals surface area contributed by atoms with Crippen LogP contribution in [0.15, 0.2) is 28.3 Å². The first-order chi connectivity index (χ1) is 15.2. The molecular weight excluding hydrogens is 412 g/mol. The van der Waals surface area contributed by atoms with Crippen molar-refractivity contribution in [2.24, 2.45) is 4.99 Å². The van der Waals surface area contributed by atoms with Crippen LogP contribution in [0.25, 0.3) is 0 Å². The van der Waals surface area contributed by atoms with Gasteiger partial charge in [0.2, 0.25) is 0 Å². The Morgan fingerprint density at radius 1 is 1.19 bits per heavy atom. The van der Waals surface area contributed by atoms with Crippen LogP contribution in [0.3, 0.4) is 0 Å². The summed E-state index contributed by atoms with van der Waals surface area (Å²) in [5.41, 5.74) is 1.04. The average Bonchev–Trinajstić information content (AvgIpc) is 3.47. The van der Waals surface area contributed by atoms with Crippen molar-refractivity contribution in [3.8, 4) is 11.5 Å². The van der Waals surface area contributed by atoms with Crippen LogP contribution in [0.5, 0.6) is 11.5 Å². The number of hydrogen-bond donors (Lipinski definition) is 2. The van der Waals surface area contributed by atoms with Crippen LogP contribution < -0.4 is 20.1 Å². The molecule has 0 atom stereocenters. The molecule has 1 aromatic heterocycles. The van der Waals surface area contributed by atoms with E-state index >= 15 is 0 Å². The van der Waals surface area contributed by atoms with Gasteiger partial charge in [-0.15, -0.1) is 10.2 Å². The number of guanidine groups is 1. The fourth-order valence-corrected chi connectivity index (χ4v) is 4.57. The molecule has 1 fully saturated rings. The predicted octanol–water partition coefficient (Wildman–Crippen LogP) is 3.43. The van der Waals surface area contributed by atoms with Gasteiger partial charge in [-0.3, -0.25) is 4.99 Å². The minimum absolute atomic E-state index is 0.564. The molecule has 0 unspecified atom stereocenters. The molecule has 0 radical (unpaired) electrons. The number of methoxy groups -OCH3 is 2. The first-order valence-electron chi connectivity index (χ1n) is 10.8. The van der Waals surface area contributed by atoms with E-state index in [1.54, 1.807) is 33.0 Å². The summed E-state index contributed by atoms with van der Waals surface area (Å²) in [6.07, 6.45) is 9.03. The highest BCUT2D eigenvalue weighted by molar-refractivity contribution is 7.98. The highest BCUT2D eigenvalue weighted by Crippen LogP contribution is 2.33. The molecule has 0 amide bonds. The van der Waals surface area contributed by atoms with Gasteiger partial charge in [0, 0.05) is 44.2 Å². The van der Waals surface area contributed by atoms with Gasteiger partial charge in [-0.05, 0) is 37.7 Å². The molecule has 0 bridgehead atoms. The van der Waals surface area contributed by atoms with Crippen LogP contribution in [0, 0.1) is 0 Å². The summed E-state index contributed by atoms with van der Waals surface area (Å²) in [6.45, 7) is 1.42. The molecule has 0 spiro atoms. The fourth-order valence-electron chi connectivity index (χ4n) is 4.00. The second-order valence-corrected chi connectivity index (χ2v) is 8.32. The molecule has 0 saturated heterocycles. The van der Waals surface area contributed by atoms with Crippen molar-refractivity contribution in [1.82, 2.24) is 25.4 Å². The Morgan fingerprint density at radius 3 is 2.68 bits per heavy atom. The Bertz CT molecular complexity index is 864. The van der Waals surface area contributed by atoms with E-state index in [1.165, 1.54) is 25.7 Å². The smallest absolute Gasteiger partial charge is 0.191 e. The lowest BCUT2D eigenvalue weighted by atomic mass is 10.2. The lowest BCUT2D eigenvalue weighted by Gasteiger charge is -2.17. The number of aliphatic imine (C=N–C) groups is 1. The summed E-state index contributed by atoms with van der Waals surface area (Å²) in [7, 11) is 5.09. The summed E-state index contributed by atoms with van der Waals surface area (Å²) in [4.78, 5) is 4.33. The quantitative estimate of drug-likeness (QED) is 0.250. The number of rotatable bonds is 10. The topological polar surface area (TPSA) is 85.6 Å². The molecule has 2 N–H and O–H groups in total. The first-order valence-corrected chi connectivity index (χ1v) is 12.1. The van der Waals surface area contributed by atoms with Crippen LogP contribution >= 0.6 is 11.8 Å². The van der Waals surface area contributed by atoms with Crippen LogP contribution in [0.2, 0.25) is 0 Å². The number of nitrogens with one attached hydrogen (secondary N) is 2. The molecule has 31 heavy (non-hydrogen) atoms. The molecule has 170 valence electrons. The third-order valence-corrected chi connectivity index (χ3v) is 6.28. The molecule has 2 aromatic rings. The Kier molecular flexibility index (Phi) is 8.87. The van der Waals surface area contributed by atoms with Crippen LogP contribution in [0.4, 0.5) is 0 Å². The second kappa shape index (κ2) is 11.8. The lowest BCUT2D eigenvalue weighted by Crippen LogP contribution is -2.37. The number of aryl methyl sites for hydroxylation is 1. The largest absolute Gasteiger partial charge is 0.497 e. The maximum absolute atomic E-state index is 5.47. The maximum atomic E-state index is 5.47. The normalized spacial score (nSPS) is 14.6. The van der Waals surface area contributed by atoms with Crippen LogP contribution in [-0.4, -0.2) is 54.8 Å². The Balaban J connectivity index is 1.49. The highest BCUT2D eigenvalue weighted by atomic mass is 32.2. The number of aromatic nitrogens is 3. The van der Waals surface area contributed by atoms with E-state index in [-0.39, 0.29) is 0 Å². The highest BCUT2D eigenvalue weighted by Gasteiger charge is 2.23. The zero-order valence-electron chi connectivity index (χ0n) is 19.0. The van der Waals surface area contributed by atoms with E-state index in [0.717, 1.165) is 53.4 Å². The summed E-state index contributed by atoms with van der Waals surface area (Å²) in [5, 5.41) is 16.7. The van der Waals surface area contributed by atoms with Gasteiger partial charge in [0.1, 0.15) is 17.3 Å². The molecule has 1 saturated carbocycles. The van der Waals surface area contributed by atoms with Crippen molar-refractivity contribution in [3.63, 3.8) is 0 Å². The second-order valence-electron chi connectivity index (χ2n) is 7.55. The number of thioether (sulfide) groups is 1. The van der Waals surface area contributed by atoms with Crippen molar-refractivity contribution >= 4 is 17.7 Å². The van der Waals surface area contributed by atoms with E-state index in [2.05, 4.69) is 36.6 Å². The van der Waals surface area contributed by atoms with Crippen molar-refractivity contribution < 1.29 is 9.47 Å². The minimum Gasteiger partial charge on any atom is -0.497 e. The zero-order chi connectivity index (χ0) is 22.1. The fraction of sp³-hybridized carbons (Fsp3) is 0.591. The van der Waals surface area contributed by atoms with Gasteiger partial charge in [0.25, 0.3) is 0 Å². The number of ether oxygens (including phenoxy) is 2.